The highest BCUT2D eigenvalue weighted by molar-refractivity contribution is 7.08. The summed E-state index contributed by atoms with van der Waals surface area (Å²) in [6, 6.07) is 0.207. The molecule has 96 valence electrons. The van der Waals surface area contributed by atoms with Gasteiger partial charge in [0.15, 0.2) is 0 Å². The molecule has 0 spiro atoms. The first-order valence-corrected chi connectivity index (χ1v) is 7.30. The SMILES string of the molecule is Cc1cscc1-c1noc(C2NCCCC2C)n1. The summed E-state index contributed by atoms with van der Waals surface area (Å²) in [6.45, 7) is 5.34. The Kier molecular flexibility index (Phi) is 3.18. The quantitative estimate of drug-likeness (QED) is 0.904. The van der Waals surface area contributed by atoms with Crippen molar-refractivity contribution in [3.63, 3.8) is 0 Å². The van der Waals surface area contributed by atoms with E-state index in [1.165, 1.54) is 18.4 Å². The molecule has 0 amide bonds. The van der Waals surface area contributed by atoms with Crippen LogP contribution in [0.3, 0.4) is 0 Å². The number of rotatable bonds is 2. The minimum Gasteiger partial charge on any atom is -0.337 e. The number of aryl methyl sites for hydroxylation is 1. The number of nitrogens with zero attached hydrogens (tertiary/aromatic N) is 2. The molecule has 2 atom stereocenters. The fourth-order valence-electron chi connectivity index (χ4n) is 2.44. The minimum atomic E-state index is 0.207. The van der Waals surface area contributed by atoms with E-state index in [1.54, 1.807) is 11.3 Å². The standard InChI is InChI=1S/C13H17N3OS/c1-8-4-3-5-14-11(8)13-15-12(16-17-13)10-7-18-6-9(10)2/h6-8,11,14H,3-5H2,1-2H3. The second-order valence-corrected chi connectivity index (χ2v) is 5.72. The predicted molar refractivity (Wildman–Crippen MR) is 71.5 cm³/mol. The van der Waals surface area contributed by atoms with Gasteiger partial charge in [-0.15, -0.1) is 0 Å². The van der Waals surface area contributed by atoms with Crippen LogP contribution in [0.15, 0.2) is 15.3 Å². The largest absolute Gasteiger partial charge is 0.337 e. The number of nitrogens with one attached hydrogen (secondary N) is 1. The van der Waals surface area contributed by atoms with Gasteiger partial charge in [0, 0.05) is 10.9 Å². The molecule has 18 heavy (non-hydrogen) atoms. The average molecular weight is 263 g/mol. The third-order valence-electron chi connectivity index (χ3n) is 3.57. The van der Waals surface area contributed by atoms with Gasteiger partial charge in [-0.1, -0.05) is 12.1 Å². The third-order valence-corrected chi connectivity index (χ3v) is 4.44. The zero-order chi connectivity index (χ0) is 12.5. The van der Waals surface area contributed by atoms with Gasteiger partial charge in [-0.2, -0.15) is 16.3 Å². The number of piperidine rings is 1. The first-order valence-electron chi connectivity index (χ1n) is 6.36. The summed E-state index contributed by atoms with van der Waals surface area (Å²) in [7, 11) is 0. The van der Waals surface area contributed by atoms with Crippen LogP contribution in [0.4, 0.5) is 0 Å². The minimum absolute atomic E-state index is 0.207. The molecule has 3 heterocycles. The Hall–Kier alpha value is -1.20. The van der Waals surface area contributed by atoms with E-state index in [-0.39, 0.29) is 6.04 Å². The number of aromatic nitrogens is 2. The molecule has 1 saturated heterocycles. The normalized spacial score (nSPS) is 24.3. The molecule has 0 aliphatic carbocycles. The van der Waals surface area contributed by atoms with Gasteiger partial charge in [0.25, 0.3) is 0 Å². The van der Waals surface area contributed by atoms with Crippen molar-refractivity contribution in [2.24, 2.45) is 5.92 Å². The van der Waals surface area contributed by atoms with E-state index in [4.69, 9.17) is 4.52 Å². The van der Waals surface area contributed by atoms with Crippen LogP contribution in [-0.2, 0) is 0 Å². The van der Waals surface area contributed by atoms with Gasteiger partial charge >= 0.3 is 0 Å². The summed E-state index contributed by atoms with van der Waals surface area (Å²) in [5, 5.41) is 11.7. The Bertz CT molecular complexity index is 534. The van der Waals surface area contributed by atoms with E-state index < -0.39 is 0 Å². The summed E-state index contributed by atoms with van der Waals surface area (Å²) in [6.07, 6.45) is 2.44. The monoisotopic (exact) mass is 263 g/mol. The molecule has 0 saturated carbocycles. The highest BCUT2D eigenvalue weighted by Crippen LogP contribution is 2.30. The molecular formula is C13H17N3OS. The van der Waals surface area contributed by atoms with Crippen LogP contribution in [0.5, 0.6) is 0 Å². The van der Waals surface area contributed by atoms with Crippen molar-refractivity contribution in [1.82, 2.24) is 15.5 Å². The van der Waals surface area contributed by atoms with E-state index in [0.717, 1.165) is 18.0 Å². The van der Waals surface area contributed by atoms with Gasteiger partial charge < -0.3 is 9.84 Å². The van der Waals surface area contributed by atoms with E-state index in [0.29, 0.717) is 11.7 Å². The lowest BCUT2D eigenvalue weighted by molar-refractivity contribution is 0.239. The second kappa shape index (κ2) is 4.82. The molecular weight excluding hydrogens is 246 g/mol. The van der Waals surface area contributed by atoms with E-state index in [9.17, 15) is 0 Å². The molecule has 3 rings (SSSR count). The van der Waals surface area contributed by atoms with Gasteiger partial charge in [-0.3, -0.25) is 0 Å². The van der Waals surface area contributed by atoms with Crippen molar-refractivity contribution in [2.75, 3.05) is 6.54 Å². The molecule has 0 radical (unpaired) electrons. The molecule has 1 aliphatic rings. The lowest BCUT2D eigenvalue weighted by Crippen LogP contribution is -2.33. The van der Waals surface area contributed by atoms with Gasteiger partial charge in [0.1, 0.15) is 0 Å². The van der Waals surface area contributed by atoms with Crippen LogP contribution < -0.4 is 5.32 Å². The maximum absolute atomic E-state index is 5.43. The lowest BCUT2D eigenvalue weighted by atomic mass is 9.93. The van der Waals surface area contributed by atoms with Crippen molar-refractivity contribution in [3.8, 4) is 11.4 Å². The fourth-order valence-corrected chi connectivity index (χ4v) is 3.27. The molecule has 1 aliphatic heterocycles. The topological polar surface area (TPSA) is 51.0 Å². The van der Waals surface area contributed by atoms with E-state index in [1.807, 2.05) is 0 Å². The molecule has 0 aromatic carbocycles. The maximum Gasteiger partial charge on any atom is 0.244 e. The Balaban J connectivity index is 1.87. The van der Waals surface area contributed by atoms with Crippen molar-refractivity contribution >= 4 is 11.3 Å². The number of thiophene rings is 1. The van der Waals surface area contributed by atoms with E-state index >= 15 is 0 Å². The Morgan fingerprint density at radius 2 is 2.33 bits per heavy atom. The van der Waals surface area contributed by atoms with Crippen molar-refractivity contribution in [1.29, 1.82) is 0 Å². The molecule has 1 N–H and O–H groups in total. The Morgan fingerprint density at radius 3 is 3.06 bits per heavy atom. The first kappa shape index (κ1) is 11.9. The molecule has 4 nitrogen and oxygen atoms in total. The Labute approximate surface area is 110 Å². The third kappa shape index (κ3) is 2.08. The number of hydrogen-bond donors (Lipinski definition) is 1. The molecule has 0 bridgehead atoms. The van der Waals surface area contributed by atoms with Crippen LogP contribution in [-0.4, -0.2) is 16.7 Å². The lowest BCUT2D eigenvalue weighted by Gasteiger charge is -2.26. The smallest absolute Gasteiger partial charge is 0.244 e. The zero-order valence-electron chi connectivity index (χ0n) is 10.6. The second-order valence-electron chi connectivity index (χ2n) is 4.98. The summed E-state index contributed by atoms with van der Waals surface area (Å²) < 4.78 is 5.43. The highest BCUT2D eigenvalue weighted by Gasteiger charge is 2.27. The van der Waals surface area contributed by atoms with Crippen molar-refractivity contribution in [2.45, 2.75) is 32.7 Å². The van der Waals surface area contributed by atoms with Gasteiger partial charge in [-0.05, 0) is 43.2 Å². The van der Waals surface area contributed by atoms with Crippen LogP contribution >= 0.6 is 11.3 Å². The van der Waals surface area contributed by atoms with Crippen molar-refractivity contribution < 1.29 is 4.52 Å². The summed E-state index contributed by atoms with van der Waals surface area (Å²) in [5.74, 6) is 1.99. The van der Waals surface area contributed by atoms with Crippen molar-refractivity contribution in [3.05, 3.63) is 22.2 Å². The highest BCUT2D eigenvalue weighted by atomic mass is 32.1. The zero-order valence-corrected chi connectivity index (χ0v) is 11.5. The average Bonchev–Trinajstić information content (AvgIpc) is 2.98. The molecule has 2 unspecified atom stereocenters. The van der Waals surface area contributed by atoms with E-state index in [2.05, 4.69) is 40.1 Å². The first-order chi connectivity index (χ1) is 8.75. The molecule has 1 fully saturated rings. The molecule has 5 heteroatoms. The molecule has 2 aromatic rings. The van der Waals surface area contributed by atoms with Gasteiger partial charge in [0.2, 0.25) is 11.7 Å². The van der Waals surface area contributed by atoms with Gasteiger partial charge in [-0.25, -0.2) is 0 Å². The van der Waals surface area contributed by atoms with Crippen LogP contribution in [0.25, 0.3) is 11.4 Å². The number of hydrogen-bond acceptors (Lipinski definition) is 5. The maximum atomic E-state index is 5.43. The predicted octanol–water partition coefficient (Wildman–Crippen LogP) is 3.17. The summed E-state index contributed by atoms with van der Waals surface area (Å²) in [4.78, 5) is 4.55. The molecule has 2 aromatic heterocycles. The fraction of sp³-hybridized carbons (Fsp3) is 0.538. The van der Waals surface area contributed by atoms with Crippen LogP contribution in [0.2, 0.25) is 0 Å². The van der Waals surface area contributed by atoms with Crippen LogP contribution in [0, 0.1) is 12.8 Å². The summed E-state index contributed by atoms with van der Waals surface area (Å²) >= 11 is 1.67. The van der Waals surface area contributed by atoms with Crippen LogP contribution in [0.1, 0.15) is 37.3 Å². The Morgan fingerprint density at radius 1 is 1.44 bits per heavy atom. The van der Waals surface area contributed by atoms with Gasteiger partial charge in [0.05, 0.1) is 6.04 Å². The summed E-state index contributed by atoms with van der Waals surface area (Å²) in [5.41, 5.74) is 2.29.